The van der Waals surface area contributed by atoms with Crippen LogP contribution in [0.2, 0.25) is 0 Å². The molecule has 0 aromatic carbocycles. The van der Waals surface area contributed by atoms with Gasteiger partial charge in [0.1, 0.15) is 0 Å². The van der Waals surface area contributed by atoms with Crippen LogP contribution in [0.5, 0.6) is 0 Å². The van der Waals surface area contributed by atoms with E-state index in [0.717, 1.165) is 6.34 Å². The predicted molar refractivity (Wildman–Crippen MR) is 33.2 cm³/mol. The number of hydrogen-bond acceptors (Lipinski definition) is 1. The summed E-state index contributed by atoms with van der Waals surface area (Å²) in [4.78, 5) is 14.4. The number of aliphatic imine (C=N–C) groups is 1. The molecule has 0 aliphatic carbocycles. The average molecular weight is 150 g/mol. The van der Waals surface area contributed by atoms with Gasteiger partial charge in [-0.25, -0.2) is 0 Å². The van der Waals surface area contributed by atoms with Gasteiger partial charge in [-0.15, -0.1) is 0 Å². The summed E-state index contributed by atoms with van der Waals surface area (Å²) in [7, 11) is 3.17. The number of alkyl halides is 2. The van der Waals surface area contributed by atoms with Crippen molar-refractivity contribution in [1.29, 1.82) is 0 Å². The molecule has 0 bridgehead atoms. The zero-order valence-corrected chi connectivity index (χ0v) is 5.71. The van der Waals surface area contributed by atoms with Crippen LogP contribution in [0.25, 0.3) is 0 Å². The molecule has 10 heavy (non-hydrogen) atoms. The monoisotopic (exact) mass is 150 g/mol. The Morgan fingerprint density at radius 1 is 1.60 bits per heavy atom. The zero-order chi connectivity index (χ0) is 8.15. The quantitative estimate of drug-likeness (QED) is 0.420. The molecule has 3 nitrogen and oxygen atoms in total. The number of carbonyl (C=O) groups is 1. The third-order valence-corrected chi connectivity index (χ3v) is 0.603. The van der Waals surface area contributed by atoms with E-state index in [1.165, 1.54) is 4.90 Å². The molecule has 0 unspecified atom stereocenters. The van der Waals surface area contributed by atoms with E-state index in [4.69, 9.17) is 0 Å². The maximum Gasteiger partial charge on any atom is 0.317 e. The highest BCUT2D eigenvalue weighted by molar-refractivity contribution is 5.86. The first-order valence-electron chi connectivity index (χ1n) is 2.56. The molecule has 0 aromatic rings. The van der Waals surface area contributed by atoms with Crippen LogP contribution in [0.3, 0.4) is 0 Å². The maximum atomic E-state index is 11.4. The van der Waals surface area contributed by atoms with E-state index in [0.29, 0.717) is 0 Å². The summed E-state index contributed by atoms with van der Waals surface area (Å²) in [6.07, 6.45) is -1.97. The highest BCUT2D eigenvalue weighted by Crippen LogP contribution is 1.93. The molecular weight excluding hydrogens is 142 g/mol. The average Bonchev–Trinajstić information content (AvgIpc) is 1.82. The summed E-state index contributed by atoms with van der Waals surface area (Å²) in [6.45, 7) is 0. The van der Waals surface area contributed by atoms with Gasteiger partial charge < -0.3 is 4.90 Å². The second-order valence-corrected chi connectivity index (χ2v) is 1.85. The van der Waals surface area contributed by atoms with Crippen molar-refractivity contribution in [1.82, 2.24) is 4.90 Å². The minimum Gasteiger partial charge on any atom is -0.369 e. The van der Waals surface area contributed by atoms with Crippen LogP contribution in [-0.4, -0.2) is 37.7 Å². The van der Waals surface area contributed by atoms with Gasteiger partial charge >= 0.3 is 12.3 Å². The number of carbonyl (C=O) groups excluding carboxylic acids is 1. The van der Waals surface area contributed by atoms with Gasteiger partial charge in [-0.3, -0.25) is 4.79 Å². The molecule has 0 aliphatic heterocycles. The summed E-state index contributed by atoms with van der Waals surface area (Å²) >= 11 is 0. The molecule has 0 spiro atoms. The second-order valence-electron chi connectivity index (χ2n) is 1.85. The first-order valence-corrected chi connectivity index (χ1v) is 2.56. The van der Waals surface area contributed by atoms with Crippen molar-refractivity contribution in [3.8, 4) is 0 Å². The molecule has 0 N–H and O–H groups in total. The fourth-order valence-electron chi connectivity index (χ4n) is 0.229. The van der Waals surface area contributed by atoms with Crippen molar-refractivity contribution in [2.45, 2.75) is 6.43 Å². The molecule has 0 aliphatic rings. The first-order chi connectivity index (χ1) is 4.54. The Kier molecular flexibility index (Phi) is 3.53. The third kappa shape index (κ3) is 3.94. The van der Waals surface area contributed by atoms with Gasteiger partial charge in [0.25, 0.3) is 0 Å². The SMILES string of the molecule is CN(C)C=NC(=O)C(F)F. The maximum absolute atomic E-state index is 11.4. The van der Waals surface area contributed by atoms with Crippen LogP contribution in [0.15, 0.2) is 4.99 Å². The van der Waals surface area contributed by atoms with Crippen LogP contribution < -0.4 is 0 Å². The van der Waals surface area contributed by atoms with Gasteiger partial charge in [0.05, 0.1) is 6.34 Å². The highest BCUT2D eigenvalue weighted by Gasteiger charge is 2.12. The van der Waals surface area contributed by atoms with Gasteiger partial charge in [-0.1, -0.05) is 0 Å². The molecule has 0 saturated carbocycles. The van der Waals surface area contributed by atoms with Gasteiger partial charge in [-0.05, 0) is 0 Å². The van der Waals surface area contributed by atoms with Crippen molar-refractivity contribution in [2.24, 2.45) is 4.99 Å². The molecule has 0 fully saturated rings. The Balaban J connectivity index is 3.79. The summed E-state index contributed by atoms with van der Waals surface area (Å²) in [5.41, 5.74) is 0. The molecule has 1 amide bonds. The van der Waals surface area contributed by atoms with Gasteiger partial charge in [0, 0.05) is 14.1 Å². The Labute approximate surface area is 57.3 Å². The topological polar surface area (TPSA) is 32.7 Å². The highest BCUT2D eigenvalue weighted by atomic mass is 19.3. The standard InChI is InChI=1S/C5H8F2N2O/c1-9(2)3-8-5(10)4(6)7/h3-4H,1-2H3. The molecule has 0 rings (SSSR count). The lowest BCUT2D eigenvalue weighted by atomic mass is 10.7. The summed E-state index contributed by atoms with van der Waals surface area (Å²) < 4.78 is 22.8. The Bertz CT molecular complexity index is 145. The van der Waals surface area contributed by atoms with Gasteiger partial charge in [-0.2, -0.15) is 13.8 Å². The van der Waals surface area contributed by atoms with Gasteiger partial charge in [0.15, 0.2) is 0 Å². The fraction of sp³-hybridized carbons (Fsp3) is 0.600. The van der Waals surface area contributed by atoms with Crippen LogP contribution in [0, 0.1) is 0 Å². The molecule has 5 heteroatoms. The smallest absolute Gasteiger partial charge is 0.317 e. The molecule has 0 atom stereocenters. The number of halogens is 2. The van der Waals surface area contributed by atoms with E-state index in [1.807, 2.05) is 0 Å². The van der Waals surface area contributed by atoms with E-state index in [1.54, 1.807) is 14.1 Å². The van der Waals surface area contributed by atoms with Crippen molar-refractivity contribution in [2.75, 3.05) is 14.1 Å². The number of amides is 1. The van der Waals surface area contributed by atoms with Gasteiger partial charge in [0.2, 0.25) is 0 Å². The van der Waals surface area contributed by atoms with Crippen molar-refractivity contribution >= 4 is 12.2 Å². The van der Waals surface area contributed by atoms with Crippen LogP contribution in [-0.2, 0) is 4.79 Å². The number of hydrogen-bond donors (Lipinski definition) is 0. The molecular formula is C5H8F2N2O. The summed E-state index contributed by atoms with van der Waals surface area (Å²) in [6, 6.07) is 0. The first kappa shape index (κ1) is 9.00. The lowest BCUT2D eigenvalue weighted by Gasteiger charge is -2.00. The largest absolute Gasteiger partial charge is 0.369 e. The normalized spacial score (nSPS) is 10.9. The van der Waals surface area contributed by atoms with Crippen LogP contribution in [0.4, 0.5) is 8.78 Å². The number of rotatable bonds is 2. The number of nitrogens with zero attached hydrogens (tertiary/aromatic N) is 2. The van der Waals surface area contributed by atoms with E-state index in [2.05, 4.69) is 4.99 Å². The van der Waals surface area contributed by atoms with Crippen molar-refractivity contribution < 1.29 is 13.6 Å². The molecule has 0 radical (unpaired) electrons. The Morgan fingerprint density at radius 2 is 2.10 bits per heavy atom. The predicted octanol–water partition coefficient (Wildman–Crippen LogP) is 0.368. The van der Waals surface area contributed by atoms with E-state index in [9.17, 15) is 13.6 Å². The van der Waals surface area contributed by atoms with Crippen molar-refractivity contribution in [3.63, 3.8) is 0 Å². The molecule has 0 saturated heterocycles. The molecule has 0 aromatic heterocycles. The minimum atomic E-state index is -3.00. The minimum absolute atomic E-state index is 1.04. The van der Waals surface area contributed by atoms with Crippen molar-refractivity contribution in [3.05, 3.63) is 0 Å². The molecule has 0 heterocycles. The van der Waals surface area contributed by atoms with E-state index < -0.39 is 12.3 Å². The third-order valence-electron chi connectivity index (χ3n) is 0.603. The summed E-state index contributed by atoms with van der Waals surface area (Å²) in [5.74, 6) is -1.41. The second kappa shape index (κ2) is 3.92. The fourth-order valence-corrected chi connectivity index (χ4v) is 0.229. The van der Waals surface area contributed by atoms with E-state index >= 15 is 0 Å². The summed E-state index contributed by atoms with van der Waals surface area (Å²) in [5, 5.41) is 0. The van der Waals surface area contributed by atoms with Crippen LogP contribution in [0.1, 0.15) is 0 Å². The van der Waals surface area contributed by atoms with E-state index in [-0.39, 0.29) is 0 Å². The Morgan fingerprint density at radius 3 is 2.40 bits per heavy atom. The Hall–Kier alpha value is -1.00. The zero-order valence-electron chi connectivity index (χ0n) is 5.71. The molecule has 58 valence electrons. The van der Waals surface area contributed by atoms with Crippen LogP contribution >= 0.6 is 0 Å². The lowest BCUT2D eigenvalue weighted by Crippen LogP contribution is -2.13. The lowest BCUT2D eigenvalue weighted by molar-refractivity contribution is -0.128.